The molecule has 0 amide bonds. The zero-order chi connectivity index (χ0) is 49.2. The fraction of sp³-hybridized carbons (Fsp3) is 0. The molecule has 0 unspecified atom stereocenters. The van der Waals surface area contributed by atoms with Crippen molar-refractivity contribution >= 4 is 345 Å². The molecule has 0 N–H and O–H groups in total. The van der Waals surface area contributed by atoms with Crippen LogP contribution in [0.2, 0.25) is 0 Å². The van der Waals surface area contributed by atoms with Gasteiger partial charge in [0.05, 0.1) is 0 Å². The Morgan fingerprint density at radius 1 is 0.221 bits per heavy atom. The van der Waals surface area contributed by atoms with Gasteiger partial charge in [0.15, 0.2) is 0 Å². The molecule has 42 radical (unpaired) electrons. The average molecular weight is 803 g/mol. The zero-order valence-corrected chi connectivity index (χ0v) is 36.1. The lowest BCUT2D eigenvalue weighted by Crippen LogP contribution is -2.52. The number of hydrogen-bond acceptors (Lipinski definition) is 1. The summed E-state index contributed by atoms with van der Waals surface area (Å²) in [7, 11) is 144. The van der Waals surface area contributed by atoms with Gasteiger partial charge in [-0.1, -0.05) is 95.3 Å². The SMILES string of the molecule is [B]c1c([B])c(-c2c3c([B])c([B])c([B])c([B])c3c(-c3c([B])c4c([B])c([B])c([B])c([B])c4c4c([B])c([B])c([B])c([B])c34)c3c([B])c([B])c([B])c([B])c23)c([B])c([B])c1-c1ccc2c(c1)oc1ccccc12. The number of para-hydroxylation sites is 1. The summed E-state index contributed by atoms with van der Waals surface area (Å²) in [5, 5.41) is 2.48. The van der Waals surface area contributed by atoms with E-state index in [9.17, 15) is 0 Å². The standard InChI is InChI=1S/C46H7B21O/c47-26-16(21-22(34(55)44(65)43(64)33(21)54)23-25(26)38(59)46(67)45(66)35(23)56)14-17-19(31(52)41(62)39(60)29(17)50)15(20-18(14)30(51)40(61)42(63)32(20)53)24-36(57)27(48)13(28(49)37(24)58)8-5-6-10-9-3-1-2-4-11(9)68-12(10)7-8/h1-7H. The second-order valence-electron chi connectivity index (χ2n) is 16.9. The van der Waals surface area contributed by atoms with Crippen LogP contribution in [0.4, 0.5) is 0 Å². The predicted octanol–water partition coefficient (Wildman–Crippen LogP) is -12.1. The molecule has 22 heteroatoms. The second kappa shape index (κ2) is 16.1. The Bertz CT molecular complexity index is 3930. The minimum Gasteiger partial charge on any atom is -0.456 e. The normalized spacial score (nSPS) is 11.9. The average Bonchev–Trinajstić information content (AvgIpc) is 3.70. The van der Waals surface area contributed by atoms with Crippen LogP contribution >= 0.6 is 0 Å². The Kier molecular flexibility index (Phi) is 11.1. The van der Waals surface area contributed by atoms with Crippen LogP contribution in [0.15, 0.2) is 46.9 Å². The van der Waals surface area contributed by atoms with Crippen molar-refractivity contribution in [2.24, 2.45) is 0 Å². The summed E-state index contributed by atoms with van der Waals surface area (Å²) in [5.74, 6) is 0. The summed E-state index contributed by atoms with van der Waals surface area (Å²) >= 11 is 0. The number of furan rings is 1. The van der Waals surface area contributed by atoms with Crippen molar-refractivity contribution in [2.75, 3.05) is 0 Å². The highest BCUT2D eigenvalue weighted by Gasteiger charge is 2.30. The lowest BCUT2D eigenvalue weighted by molar-refractivity contribution is 0.669. The third-order valence-electron chi connectivity index (χ3n) is 13.5. The van der Waals surface area contributed by atoms with Crippen LogP contribution in [0, 0.1) is 0 Å². The fourth-order valence-electron chi connectivity index (χ4n) is 9.97. The third-order valence-corrected chi connectivity index (χ3v) is 13.5. The summed E-state index contributed by atoms with van der Waals surface area (Å²) in [5.41, 5.74) is 0.358. The summed E-state index contributed by atoms with van der Waals surface area (Å²) in [4.78, 5) is 0. The van der Waals surface area contributed by atoms with E-state index in [2.05, 4.69) is 0 Å². The molecule has 1 nitrogen and oxygen atoms in total. The van der Waals surface area contributed by atoms with Gasteiger partial charge in [0.2, 0.25) is 0 Å². The molecule has 68 heavy (non-hydrogen) atoms. The second-order valence-corrected chi connectivity index (χ2v) is 16.9. The van der Waals surface area contributed by atoms with E-state index in [-0.39, 0.29) is 180 Å². The van der Waals surface area contributed by atoms with Crippen molar-refractivity contribution in [1.82, 2.24) is 0 Å². The lowest BCUT2D eigenvalue weighted by atomic mass is 9.56. The first-order valence-corrected chi connectivity index (χ1v) is 20.5. The lowest BCUT2D eigenvalue weighted by Gasteiger charge is -2.33. The number of rotatable bonds is 3. The Balaban J connectivity index is 1.47. The van der Waals surface area contributed by atoms with E-state index < -0.39 is 0 Å². The van der Waals surface area contributed by atoms with Crippen molar-refractivity contribution in [3.05, 3.63) is 42.5 Å². The highest BCUT2D eigenvalue weighted by Crippen LogP contribution is 2.42. The van der Waals surface area contributed by atoms with Gasteiger partial charge >= 0.3 is 0 Å². The van der Waals surface area contributed by atoms with E-state index in [0.29, 0.717) is 22.3 Å². The molecule has 0 fully saturated rings. The molecule has 260 valence electrons. The van der Waals surface area contributed by atoms with Gasteiger partial charge in [-0.2, -0.15) is 0 Å². The topological polar surface area (TPSA) is 13.1 Å². The molecular formula is C46H7B21O. The van der Waals surface area contributed by atoms with Crippen LogP contribution in [-0.2, 0) is 0 Å². The third kappa shape index (κ3) is 6.06. The van der Waals surface area contributed by atoms with Gasteiger partial charge in [-0.3, -0.25) is 0 Å². The van der Waals surface area contributed by atoms with Crippen molar-refractivity contribution in [1.29, 1.82) is 0 Å². The molecular weight excluding hydrogens is 796 g/mol. The minimum atomic E-state index is -0.145. The first kappa shape index (κ1) is 46.9. The van der Waals surface area contributed by atoms with Crippen LogP contribution in [0.5, 0.6) is 0 Å². The number of fused-ring (bicyclic) bond motifs is 8. The Hall–Kier alpha value is -4.82. The summed E-state index contributed by atoms with van der Waals surface area (Å²) in [6.45, 7) is 0. The van der Waals surface area contributed by atoms with Gasteiger partial charge in [0, 0.05) is 10.8 Å². The highest BCUT2D eigenvalue weighted by atomic mass is 16.3. The van der Waals surface area contributed by atoms with Gasteiger partial charge in [-0.25, -0.2) is 0 Å². The van der Waals surface area contributed by atoms with Crippen molar-refractivity contribution in [3.63, 3.8) is 0 Å². The van der Waals surface area contributed by atoms with E-state index in [4.69, 9.17) is 169 Å². The van der Waals surface area contributed by atoms with E-state index in [1.807, 2.05) is 36.4 Å². The minimum absolute atomic E-state index is 0.0171. The maximum Gasteiger partial charge on any atom is 0.136 e. The molecule has 1 aromatic heterocycles. The first-order chi connectivity index (χ1) is 32.1. The smallest absolute Gasteiger partial charge is 0.136 e. The van der Waals surface area contributed by atoms with Gasteiger partial charge in [-0.15, -0.1) is 43.7 Å². The molecule has 0 atom stereocenters. The van der Waals surface area contributed by atoms with Crippen LogP contribution < -0.4 is 115 Å². The molecule has 10 aromatic rings. The van der Waals surface area contributed by atoms with Gasteiger partial charge in [0.1, 0.15) is 176 Å². The number of hydrogen-bond donors (Lipinski definition) is 0. The van der Waals surface area contributed by atoms with E-state index in [1.54, 1.807) is 6.07 Å². The maximum absolute atomic E-state index is 7.34. The zero-order valence-electron chi connectivity index (χ0n) is 36.1. The van der Waals surface area contributed by atoms with Gasteiger partial charge in [0.25, 0.3) is 0 Å². The van der Waals surface area contributed by atoms with Crippen LogP contribution in [0.25, 0.3) is 98.4 Å². The molecule has 0 aliphatic heterocycles. The maximum atomic E-state index is 7.34. The monoisotopic (exact) mass is 806 g/mol. The highest BCUT2D eigenvalue weighted by molar-refractivity contribution is 6.76. The predicted molar refractivity (Wildman–Crippen MR) is 313 cm³/mol. The van der Waals surface area contributed by atoms with E-state index >= 15 is 0 Å². The molecule has 0 aliphatic rings. The largest absolute Gasteiger partial charge is 0.456 e. The fourth-order valence-corrected chi connectivity index (χ4v) is 9.97. The van der Waals surface area contributed by atoms with Crippen LogP contribution in [-0.4, -0.2) is 165 Å². The molecule has 1 heterocycles. The van der Waals surface area contributed by atoms with Gasteiger partial charge in [-0.05, 0) is 94.7 Å². The van der Waals surface area contributed by atoms with Gasteiger partial charge < -0.3 is 4.42 Å². The van der Waals surface area contributed by atoms with Crippen molar-refractivity contribution < 1.29 is 4.42 Å². The quantitative estimate of drug-likeness (QED) is 0.0985. The Labute approximate surface area is 422 Å². The first-order valence-electron chi connectivity index (χ1n) is 20.5. The molecule has 0 saturated heterocycles. The van der Waals surface area contributed by atoms with E-state index in [1.165, 1.54) is 0 Å². The molecule has 0 aliphatic carbocycles. The summed E-state index contributed by atoms with van der Waals surface area (Å²) in [6, 6.07) is 13.1. The van der Waals surface area contributed by atoms with Crippen molar-refractivity contribution in [3.8, 4) is 33.4 Å². The molecule has 0 spiro atoms. The molecule has 9 aromatic carbocycles. The molecule has 0 saturated carbocycles. The summed E-state index contributed by atoms with van der Waals surface area (Å²) < 4.78 is 6.19. The number of benzene rings is 9. The Morgan fingerprint density at radius 3 is 0.985 bits per heavy atom. The van der Waals surface area contributed by atoms with E-state index in [0.717, 1.165) is 10.8 Å². The molecule has 10 rings (SSSR count). The summed E-state index contributed by atoms with van der Waals surface area (Å²) in [6.07, 6.45) is 0. The Morgan fingerprint density at radius 2 is 0.544 bits per heavy atom. The van der Waals surface area contributed by atoms with Crippen LogP contribution in [0.1, 0.15) is 0 Å². The van der Waals surface area contributed by atoms with Crippen molar-refractivity contribution in [2.45, 2.75) is 0 Å². The van der Waals surface area contributed by atoms with Crippen LogP contribution in [0.3, 0.4) is 0 Å². The molecule has 0 bridgehead atoms.